The number of aryl methyl sites for hydroxylation is 1. The number of likely N-dealkylation sites (tertiary alicyclic amines) is 1. The van der Waals surface area contributed by atoms with Gasteiger partial charge in [-0.3, -0.25) is 9.59 Å². The molecule has 0 aliphatic carbocycles. The molecule has 1 N–H and O–H groups in total. The average Bonchev–Trinajstić information content (AvgIpc) is 3.34. The highest BCUT2D eigenvalue weighted by molar-refractivity contribution is 5.92. The lowest BCUT2D eigenvalue weighted by molar-refractivity contribution is -0.143. The van der Waals surface area contributed by atoms with Crippen molar-refractivity contribution in [1.82, 2.24) is 19.8 Å². The van der Waals surface area contributed by atoms with Crippen LogP contribution in [0.4, 0.5) is 0 Å². The Morgan fingerprint density at radius 1 is 1.58 bits per heavy atom. The van der Waals surface area contributed by atoms with Gasteiger partial charge in [0.15, 0.2) is 0 Å². The van der Waals surface area contributed by atoms with Crippen molar-refractivity contribution in [3.63, 3.8) is 0 Å². The van der Waals surface area contributed by atoms with Crippen molar-refractivity contribution >= 4 is 11.8 Å². The molecule has 2 amide bonds. The summed E-state index contributed by atoms with van der Waals surface area (Å²) < 4.78 is 11.2. The van der Waals surface area contributed by atoms with Crippen LogP contribution in [0.15, 0.2) is 18.3 Å². The van der Waals surface area contributed by atoms with Gasteiger partial charge in [0, 0.05) is 32.6 Å². The number of fused-ring (bicyclic) bond motifs is 1. The number of nitrogens with zero attached hydrogens (tertiary/aromatic N) is 3. The van der Waals surface area contributed by atoms with Crippen LogP contribution in [0.5, 0.6) is 0 Å². The topological polar surface area (TPSA) is 87.8 Å². The third-order valence-corrected chi connectivity index (χ3v) is 5.55. The maximum absolute atomic E-state index is 13.1. The Hall–Kier alpha value is -2.19. The summed E-state index contributed by atoms with van der Waals surface area (Å²) in [5.74, 6) is -0.312. The minimum Gasteiger partial charge on any atom is -0.383 e. The number of hydrogen-bond acceptors (Lipinski definition) is 5. The van der Waals surface area contributed by atoms with Crippen LogP contribution in [0, 0.1) is 18.8 Å². The fourth-order valence-corrected chi connectivity index (χ4v) is 4.36. The predicted octanol–water partition coefficient (Wildman–Crippen LogP) is 0.105. The van der Waals surface area contributed by atoms with Gasteiger partial charge in [-0.15, -0.1) is 0 Å². The predicted molar refractivity (Wildman–Crippen MR) is 92.0 cm³/mol. The number of aromatic amines is 1. The van der Waals surface area contributed by atoms with E-state index in [9.17, 15) is 9.59 Å². The molecular weight excluding hydrogens is 336 g/mol. The van der Waals surface area contributed by atoms with Crippen molar-refractivity contribution in [3.8, 4) is 0 Å². The van der Waals surface area contributed by atoms with Crippen molar-refractivity contribution in [2.75, 3.05) is 33.9 Å². The molecule has 4 heterocycles. The first kappa shape index (κ1) is 17.2. The number of nitrogens with one attached hydrogen (secondary N) is 1. The lowest BCUT2D eigenvalue weighted by Crippen LogP contribution is -2.44. The fraction of sp³-hybridized carbons (Fsp3) is 0.611. The first-order chi connectivity index (χ1) is 12.4. The number of hydrogen-bond donors (Lipinski definition) is 1. The number of ether oxygens (including phenoxy) is 2. The second-order valence-electron chi connectivity index (χ2n) is 7.36. The standard InChI is InChI=1S/C18H24N4O4/c1-11-8-19-13(20-11)9-21(2)16(23)14-12-4-5-18(26-12)10-22(6-7-25-3)17(24)15(14)18/h4-5,8,12,14-15H,6-7,9-10H2,1-3H3,(H,19,20)/t12-,14-,15+,18-/m0/s1. The van der Waals surface area contributed by atoms with E-state index < -0.39 is 17.4 Å². The van der Waals surface area contributed by atoms with Gasteiger partial charge in [0.05, 0.1) is 37.6 Å². The number of rotatable bonds is 6. The van der Waals surface area contributed by atoms with Gasteiger partial charge < -0.3 is 24.3 Å². The lowest BCUT2D eigenvalue weighted by atomic mass is 9.76. The second kappa shape index (κ2) is 6.21. The Morgan fingerprint density at radius 2 is 2.38 bits per heavy atom. The minimum atomic E-state index is -0.669. The van der Waals surface area contributed by atoms with Crippen LogP contribution in [-0.2, 0) is 25.6 Å². The van der Waals surface area contributed by atoms with Gasteiger partial charge in [-0.2, -0.15) is 0 Å². The van der Waals surface area contributed by atoms with E-state index in [4.69, 9.17) is 9.47 Å². The highest BCUT2D eigenvalue weighted by Gasteiger charge is 2.66. The minimum absolute atomic E-state index is 0.0190. The first-order valence-electron chi connectivity index (χ1n) is 8.85. The highest BCUT2D eigenvalue weighted by atomic mass is 16.5. The molecule has 4 rings (SSSR count). The number of methoxy groups -OCH3 is 1. The Morgan fingerprint density at radius 3 is 3.08 bits per heavy atom. The quantitative estimate of drug-likeness (QED) is 0.728. The van der Waals surface area contributed by atoms with Gasteiger partial charge >= 0.3 is 0 Å². The van der Waals surface area contributed by atoms with Crippen LogP contribution >= 0.6 is 0 Å². The molecule has 2 fully saturated rings. The SMILES string of the molecule is COCCN1C[C@]23C=C[C@H](O2)[C@H](C(=O)N(C)Cc2ncc(C)[nH]2)[C@@H]3C1=O. The summed E-state index contributed by atoms with van der Waals surface area (Å²) in [7, 11) is 3.35. The Balaban J connectivity index is 1.52. The van der Waals surface area contributed by atoms with E-state index in [-0.39, 0.29) is 17.9 Å². The Kier molecular flexibility index (Phi) is 4.11. The smallest absolute Gasteiger partial charge is 0.230 e. The van der Waals surface area contributed by atoms with Crippen molar-refractivity contribution in [2.45, 2.75) is 25.2 Å². The third kappa shape index (κ3) is 2.55. The summed E-state index contributed by atoms with van der Waals surface area (Å²) in [5, 5.41) is 0. The molecule has 0 saturated carbocycles. The fourth-order valence-electron chi connectivity index (χ4n) is 4.36. The second-order valence-corrected chi connectivity index (χ2v) is 7.36. The van der Waals surface area contributed by atoms with Gasteiger partial charge in [0.1, 0.15) is 11.4 Å². The average molecular weight is 360 g/mol. The summed E-state index contributed by atoms with van der Waals surface area (Å²) in [6, 6.07) is 0. The van der Waals surface area contributed by atoms with E-state index >= 15 is 0 Å². The summed E-state index contributed by atoms with van der Waals surface area (Å²) in [6.07, 6.45) is 5.30. The number of H-pyrrole nitrogens is 1. The molecule has 2 saturated heterocycles. The molecule has 0 radical (unpaired) electrons. The molecule has 1 spiro atoms. The molecule has 1 aromatic rings. The number of imidazole rings is 1. The molecule has 3 aliphatic heterocycles. The maximum atomic E-state index is 13.1. The van der Waals surface area contributed by atoms with E-state index in [0.29, 0.717) is 26.2 Å². The van der Waals surface area contributed by atoms with Crippen LogP contribution in [0.25, 0.3) is 0 Å². The molecule has 0 aromatic carbocycles. The zero-order valence-electron chi connectivity index (χ0n) is 15.3. The maximum Gasteiger partial charge on any atom is 0.230 e. The molecule has 2 bridgehead atoms. The zero-order valence-corrected chi connectivity index (χ0v) is 15.3. The van der Waals surface area contributed by atoms with Crippen molar-refractivity contribution in [3.05, 3.63) is 29.9 Å². The van der Waals surface area contributed by atoms with Gasteiger partial charge in [0.25, 0.3) is 0 Å². The monoisotopic (exact) mass is 360 g/mol. The van der Waals surface area contributed by atoms with E-state index in [1.165, 1.54) is 0 Å². The molecule has 8 heteroatoms. The number of carbonyl (C=O) groups excluding carboxylic acids is 2. The zero-order chi connectivity index (χ0) is 18.5. The molecular formula is C18H24N4O4. The van der Waals surface area contributed by atoms with Crippen molar-refractivity contribution in [2.24, 2.45) is 11.8 Å². The van der Waals surface area contributed by atoms with E-state index in [1.54, 1.807) is 30.2 Å². The van der Waals surface area contributed by atoms with Crippen LogP contribution in [0.1, 0.15) is 11.5 Å². The molecule has 26 heavy (non-hydrogen) atoms. The Bertz CT molecular complexity index is 760. The number of aromatic nitrogens is 2. The third-order valence-electron chi connectivity index (χ3n) is 5.55. The highest BCUT2D eigenvalue weighted by Crippen LogP contribution is 2.52. The van der Waals surface area contributed by atoms with Crippen molar-refractivity contribution < 1.29 is 19.1 Å². The molecule has 140 valence electrons. The molecule has 3 aliphatic rings. The molecule has 0 unspecified atom stereocenters. The molecule has 8 nitrogen and oxygen atoms in total. The largest absolute Gasteiger partial charge is 0.383 e. The van der Waals surface area contributed by atoms with E-state index in [2.05, 4.69) is 9.97 Å². The molecule has 1 aromatic heterocycles. The summed E-state index contributed by atoms with van der Waals surface area (Å²) in [6.45, 7) is 3.76. The number of carbonyl (C=O) groups is 2. The number of amides is 2. The van der Waals surface area contributed by atoms with Gasteiger partial charge in [-0.1, -0.05) is 12.2 Å². The van der Waals surface area contributed by atoms with Gasteiger partial charge in [-0.05, 0) is 6.92 Å². The lowest BCUT2D eigenvalue weighted by Gasteiger charge is -2.27. The summed E-state index contributed by atoms with van der Waals surface area (Å²) >= 11 is 0. The summed E-state index contributed by atoms with van der Waals surface area (Å²) in [4.78, 5) is 36.8. The van der Waals surface area contributed by atoms with Crippen LogP contribution in [0.3, 0.4) is 0 Å². The Labute approximate surface area is 152 Å². The first-order valence-corrected chi connectivity index (χ1v) is 8.85. The van der Waals surface area contributed by atoms with Crippen LogP contribution < -0.4 is 0 Å². The van der Waals surface area contributed by atoms with Gasteiger partial charge in [0.2, 0.25) is 11.8 Å². The van der Waals surface area contributed by atoms with Crippen molar-refractivity contribution in [1.29, 1.82) is 0 Å². The van der Waals surface area contributed by atoms with E-state index in [1.807, 2.05) is 19.1 Å². The van der Waals surface area contributed by atoms with Crippen LogP contribution in [0.2, 0.25) is 0 Å². The molecule has 4 atom stereocenters. The van der Waals surface area contributed by atoms with E-state index in [0.717, 1.165) is 11.5 Å². The normalized spacial score (nSPS) is 31.7. The van der Waals surface area contributed by atoms with Gasteiger partial charge in [-0.25, -0.2) is 4.98 Å². The van der Waals surface area contributed by atoms with Crippen LogP contribution in [-0.4, -0.2) is 77.1 Å². The summed E-state index contributed by atoms with van der Waals surface area (Å²) in [5.41, 5.74) is 0.281.